The van der Waals surface area contributed by atoms with Crippen molar-refractivity contribution in [1.29, 1.82) is 0 Å². The predicted octanol–water partition coefficient (Wildman–Crippen LogP) is 3.95. The second kappa shape index (κ2) is 10.1. The third-order valence-electron chi connectivity index (χ3n) is 3.29. The van der Waals surface area contributed by atoms with E-state index in [1.165, 1.54) is 0 Å². The zero-order valence-electron chi connectivity index (χ0n) is 13.2. The molecule has 0 heterocycles. The van der Waals surface area contributed by atoms with Gasteiger partial charge in [0.15, 0.2) is 0 Å². The fourth-order valence-electron chi connectivity index (χ4n) is 2.19. The van der Waals surface area contributed by atoms with Crippen molar-refractivity contribution < 1.29 is 14.6 Å². The van der Waals surface area contributed by atoms with E-state index in [4.69, 9.17) is 9.84 Å². The first-order valence-corrected chi connectivity index (χ1v) is 7.87. The minimum atomic E-state index is -0.762. The molecule has 0 aliphatic heterocycles. The summed E-state index contributed by atoms with van der Waals surface area (Å²) in [5, 5.41) is 8.93. The summed E-state index contributed by atoms with van der Waals surface area (Å²) in [6.07, 6.45) is 4.48. The highest BCUT2D eigenvalue weighted by molar-refractivity contribution is 5.68. The Bertz CT molecular complexity index is 420. The SMILES string of the molecule is CCCCCN(CCC(=O)O)c1ccccc1OCCC. The number of carboxylic acids is 1. The van der Waals surface area contributed by atoms with Gasteiger partial charge < -0.3 is 14.7 Å². The highest BCUT2D eigenvalue weighted by Gasteiger charge is 2.13. The van der Waals surface area contributed by atoms with Crippen LogP contribution in [0.5, 0.6) is 5.75 Å². The summed E-state index contributed by atoms with van der Waals surface area (Å²) >= 11 is 0. The molecule has 0 saturated carbocycles. The molecule has 1 aromatic carbocycles. The lowest BCUT2D eigenvalue weighted by Crippen LogP contribution is -2.27. The fourth-order valence-corrected chi connectivity index (χ4v) is 2.19. The number of aliphatic carboxylic acids is 1. The molecule has 0 aromatic heterocycles. The van der Waals surface area contributed by atoms with Gasteiger partial charge in [0.2, 0.25) is 0 Å². The average molecular weight is 293 g/mol. The predicted molar refractivity (Wildman–Crippen MR) is 86.2 cm³/mol. The van der Waals surface area contributed by atoms with Gasteiger partial charge in [-0.25, -0.2) is 0 Å². The highest BCUT2D eigenvalue weighted by atomic mass is 16.5. The molecule has 1 rings (SSSR count). The minimum absolute atomic E-state index is 0.147. The van der Waals surface area contributed by atoms with E-state index in [0.29, 0.717) is 13.2 Å². The normalized spacial score (nSPS) is 10.4. The Morgan fingerprint density at radius 1 is 1.14 bits per heavy atom. The molecule has 0 aliphatic rings. The summed E-state index contributed by atoms with van der Waals surface area (Å²) in [7, 11) is 0. The highest BCUT2D eigenvalue weighted by Crippen LogP contribution is 2.28. The third-order valence-corrected chi connectivity index (χ3v) is 3.29. The molecule has 0 radical (unpaired) electrons. The number of ether oxygens (including phenoxy) is 1. The topological polar surface area (TPSA) is 49.8 Å². The van der Waals surface area contributed by atoms with Crippen molar-refractivity contribution in [3.63, 3.8) is 0 Å². The molecular formula is C17H27NO3. The van der Waals surface area contributed by atoms with Crippen LogP contribution >= 0.6 is 0 Å². The maximum Gasteiger partial charge on any atom is 0.305 e. The third kappa shape index (κ3) is 6.52. The summed E-state index contributed by atoms with van der Waals surface area (Å²) in [5.41, 5.74) is 1.00. The molecule has 0 amide bonds. The molecule has 0 aliphatic carbocycles. The molecule has 0 fully saturated rings. The van der Waals surface area contributed by atoms with Gasteiger partial charge in [-0.15, -0.1) is 0 Å². The van der Waals surface area contributed by atoms with Gasteiger partial charge in [-0.05, 0) is 25.0 Å². The first kappa shape index (κ1) is 17.3. The molecule has 21 heavy (non-hydrogen) atoms. The number of hydrogen-bond acceptors (Lipinski definition) is 3. The fraction of sp³-hybridized carbons (Fsp3) is 0.588. The van der Waals surface area contributed by atoms with Crippen molar-refractivity contribution >= 4 is 11.7 Å². The first-order chi connectivity index (χ1) is 10.2. The number of carboxylic acid groups (broad SMARTS) is 1. The molecule has 0 bridgehead atoms. The van der Waals surface area contributed by atoms with Crippen LogP contribution in [0.2, 0.25) is 0 Å². The summed E-state index contributed by atoms with van der Waals surface area (Å²) < 4.78 is 5.79. The van der Waals surface area contributed by atoms with E-state index >= 15 is 0 Å². The molecule has 0 atom stereocenters. The Balaban J connectivity index is 2.81. The van der Waals surface area contributed by atoms with Crippen molar-refractivity contribution in [1.82, 2.24) is 0 Å². The summed E-state index contributed by atoms with van der Waals surface area (Å²) in [5.74, 6) is 0.0867. The zero-order chi connectivity index (χ0) is 15.5. The molecule has 4 heteroatoms. The summed E-state index contributed by atoms with van der Waals surface area (Å²) in [4.78, 5) is 13.0. The maximum atomic E-state index is 10.9. The number of rotatable bonds is 11. The lowest BCUT2D eigenvalue weighted by atomic mass is 10.2. The molecule has 1 N–H and O–H groups in total. The van der Waals surface area contributed by atoms with Crippen molar-refractivity contribution in [2.45, 2.75) is 46.0 Å². The van der Waals surface area contributed by atoms with E-state index in [0.717, 1.165) is 43.7 Å². The average Bonchev–Trinajstić information content (AvgIpc) is 2.49. The van der Waals surface area contributed by atoms with Gasteiger partial charge in [0.05, 0.1) is 18.7 Å². The van der Waals surface area contributed by atoms with Gasteiger partial charge >= 0.3 is 5.97 Å². The monoisotopic (exact) mass is 293 g/mol. The molecule has 0 unspecified atom stereocenters. The molecule has 118 valence electrons. The van der Waals surface area contributed by atoms with Gasteiger partial charge in [-0.3, -0.25) is 4.79 Å². The van der Waals surface area contributed by atoms with E-state index < -0.39 is 5.97 Å². The quantitative estimate of drug-likeness (QED) is 0.628. The Hall–Kier alpha value is -1.71. The Morgan fingerprint density at radius 2 is 1.90 bits per heavy atom. The smallest absolute Gasteiger partial charge is 0.305 e. The van der Waals surface area contributed by atoms with Crippen LogP contribution in [0.4, 0.5) is 5.69 Å². The summed E-state index contributed by atoms with van der Waals surface area (Å²) in [6, 6.07) is 7.90. The van der Waals surface area contributed by atoms with Gasteiger partial charge in [0.1, 0.15) is 5.75 Å². The second-order valence-electron chi connectivity index (χ2n) is 5.15. The molecular weight excluding hydrogens is 266 g/mol. The molecule has 0 spiro atoms. The Labute approximate surface area is 127 Å². The lowest BCUT2D eigenvalue weighted by molar-refractivity contribution is -0.136. The number of unbranched alkanes of at least 4 members (excludes halogenated alkanes) is 2. The minimum Gasteiger partial charge on any atom is -0.491 e. The van der Waals surface area contributed by atoms with Crippen LogP contribution in [0.1, 0.15) is 46.0 Å². The van der Waals surface area contributed by atoms with E-state index in [9.17, 15) is 4.79 Å². The van der Waals surface area contributed by atoms with Crippen LogP contribution in [-0.4, -0.2) is 30.8 Å². The van der Waals surface area contributed by atoms with Crippen molar-refractivity contribution in [3.05, 3.63) is 24.3 Å². The van der Waals surface area contributed by atoms with Crippen molar-refractivity contribution in [2.24, 2.45) is 0 Å². The number of anilines is 1. The molecule has 0 saturated heterocycles. The van der Waals surface area contributed by atoms with Gasteiger partial charge in [0.25, 0.3) is 0 Å². The molecule has 4 nitrogen and oxygen atoms in total. The van der Waals surface area contributed by atoms with Gasteiger partial charge in [0, 0.05) is 13.1 Å². The van der Waals surface area contributed by atoms with Crippen LogP contribution in [0.15, 0.2) is 24.3 Å². The number of para-hydroxylation sites is 2. The first-order valence-electron chi connectivity index (χ1n) is 7.87. The van der Waals surface area contributed by atoms with Crippen molar-refractivity contribution in [3.8, 4) is 5.75 Å². The zero-order valence-corrected chi connectivity index (χ0v) is 13.2. The van der Waals surface area contributed by atoms with Crippen LogP contribution in [0, 0.1) is 0 Å². The van der Waals surface area contributed by atoms with E-state index in [1.807, 2.05) is 24.3 Å². The number of carbonyl (C=O) groups is 1. The van der Waals surface area contributed by atoms with E-state index in [1.54, 1.807) is 0 Å². The van der Waals surface area contributed by atoms with E-state index in [-0.39, 0.29) is 6.42 Å². The van der Waals surface area contributed by atoms with Crippen LogP contribution < -0.4 is 9.64 Å². The van der Waals surface area contributed by atoms with E-state index in [2.05, 4.69) is 18.7 Å². The van der Waals surface area contributed by atoms with Gasteiger partial charge in [-0.2, -0.15) is 0 Å². The maximum absolute atomic E-state index is 10.9. The van der Waals surface area contributed by atoms with Crippen molar-refractivity contribution in [2.75, 3.05) is 24.6 Å². The number of nitrogens with zero attached hydrogens (tertiary/aromatic N) is 1. The second-order valence-corrected chi connectivity index (χ2v) is 5.15. The lowest BCUT2D eigenvalue weighted by Gasteiger charge is -2.26. The Morgan fingerprint density at radius 3 is 2.57 bits per heavy atom. The Kier molecular flexibility index (Phi) is 8.32. The summed E-state index contributed by atoms with van der Waals surface area (Å²) in [6.45, 7) is 6.31. The van der Waals surface area contributed by atoms with Crippen LogP contribution in [0.25, 0.3) is 0 Å². The van der Waals surface area contributed by atoms with Crippen LogP contribution in [-0.2, 0) is 4.79 Å². The van der Waals surface area contributed by atoms with Crippen LogP contribution in [0.3, 0.4) is 0 Å². The molecule has 1 aromatic rings. The number of benzene rings is 1. The standard InChI is InChI=1S/C17H27NO3/c1-3-5-8-12-18(13-11-17(19)20)15-9-6-7-10-16(15)21-14-4-2/h6-7,9-10H,3-5,8,11-14H2,1-2H3,(H,19,20). The number of hydrogen-bond donors (Lipinski definition) is 1. The van der Waals surface area contributed by atoms with Gasteiger partial charge in [-0.1, -0.05) is 38.8 Å². The largest absolute Gasteiger partial charge is 0.491 e.